The largest absolute Gasteiger partial charge is 0.465 e. The Bertz CT molecular complexity index is 312. The van der Waals surface area contributed by atoms with E-state index in [4.69, 9.17) is 9.47 Å². The minimum absolute atomic E-state index is 0.0472. The molecule has 0 aliphatic carbocycles. The Morgan fingerprint density at radius 3 is 2.63 bits per heavy atom. The second kappa shape index (κ2) is 8.04. The number of carbonyl (C=O) groups is 2. The van der Waals surface area contributed by atoms with Crippen LogP contribution in [0.3, 0.4) is 0 Å². The fourth-order valence-corrected chi connectivity index (χ4v) is 3.70. The van der Waals surface area contributed by atoms with Crippen LogP contribution in [0.25, 0.3) is 0 Å². The van der Waals surface area contributed by atoms with Gasteiger partial charge in [-0.15, -0.1) is 11.8 Å². The normalized spacial score (nSPS) is 19.8. The summed E-state index contributed by atoms with van der Waals surface area (Å²) in [5, 5.41) is 0. The first-order chi connectivity index (χ1) is 8.95. The molecule has 110 valence electrons. The summed E-state index contributed by atoms with van der Waals surface area (Å²) in [6, 6.07) is 0. The Labute approximate surface area is 123 Å². The molecule has 1 atom stereocenters. The molecule has 1 aliphatic rings. The third-order valence-electron chi connectivity index (χ3n) is 3.02. The predicted molar refractivity (Wildman–Crippen MR) is 79.3 cm³/mol. The summed E-state index contributed by atoms with van der Waals surface area (Å²) < 4.78 is 10.4. The first-order valence-corrected chi connectivity index (χ1v) is 8.72. The molecule has 4 nitrogen and oxygen atoms in total. The van der Waals surface area contributed by atoms with Gasteiger partial charge in [-0.05, 0) is 20.3 Å². The standard InChI is InChI=1S/C13H22O4S2/c1-4-13(2,3)12(15)16-6-5-10(14)17-11-9-18-7-8-19-11/h11H,4-9H2,1-3H3. The lowest BCUT2D eigenvalue weighted by Gasteiger charge is -2.22. The number of rotatable bonds is 6. The Morgan fingerprint density at radius 1 is 1.32 bits per heavy atom. The zero-order valence-electron chi connectivity index (χ0n) is 11.8. The highest BCUT2D eigenvalue weighted by Gasteiger charge is 2.27. The van der Waals surface area contributed by atoms with Gasteiger partial charge >= 0.3 is 11.9 Å². The molecule has 1 heterocycles. The molecular formula is C13H22O4S2. The maximum atomic E-state index is 11.7. The van der Waals surface area contributed by atoms with Crippen LogP contribution in [0, 0.1) is 5.41 Å². The Balaban J connectivity index is 2.18. The molecule has 0 bridgehead atoms. The summed E-state index contributed by atoms with van der Waals surface area (Å²) in [4.78, 5) is 23.3. The van der Waals surface area contributed by atoms with Gasteiger partial charge in [0.05, 0.1) is 11.8 Å². The molecular weight excluding hydrogens is 284 g/mol. The molecule has 0 aromatic carbocycles. The zero-order chi connectivity index (χ0) is 14.3. The summed E-state index contributed by atoms with van der Waals surface area (Å²) in [6.45, 7) is 5.71. The molecule has 0 saturated carbocycles. The quantitative estimate of drug-likeness (QED) is 0.703. The second-order valence-electron chi connectivity index (χ2n) is 4.99. The van der Waals surface area contributed by atoms with E-state index < -0.39 is 5.41 Å². The molecule has 0 aromatic rings. The number of hydrogen-bond acceptors (Lipinski definition) is 6. The van der Waals surface area contributed by atoms with Gasteiger partial charge in [0.1, 0.15) is 6.61 Å². The average molecular weight is 306 g/mol. The summed E-state index contributed by atoms with van der Waals surface area (Å²) in [6.07, 6.45) is 0.847. The topological polar surface area (TPSA) is 52.6 Å². The Kier molecular flexibility index (Phi) is 7.07. The SMILES string of the molecule is CCC(C)(C)C(=O)OCCC(=O)OC1CSCCS1. The highest BCUT2D eigenvalue weighted by atomic mass is 32.2. The van der Waals surface area contributed by atoms with Crippen LogP contribution in [0.2, 0.25) is 0 Å². The van der Waals surface area contributed by atoms with Gasteiger partial charge in [0.25, 0.3) is 0 Å². The Hall–Kier alpha value is -0.360. The third-order valence-corrected chi connectivity index (χ3v) is 5.60. The van der Waals surface area contributed by atoms with Gasteiger partial charge in [-0.1, -0.05) is 6.92 Å². The van der Waals surface area contributed by atoms with E-state index in [0.717, 1.165) is 17.3 Å². The maximum Gasteiger partial charge on any atom is 0.311 e. The minimum Gasteiger partial charge on any atom is -0.465 e. The van der Waals surface area contributed by atoms with E-state index in [1.807, 2.05) is 20.8 Å². The second-order valence-corrected chi connectivity index (χ2v) is 7.41. The molecule has 0 amide bonds. The number of ether oxygens (including phenoxy) is 2. The maximum absolute atomic E-state index is 11.7. The van der Waals surface area contributed by atoms with Gasteiger partial charge in [-0.2, -0.15) is 11.8 Å². The van der Waals surface area contributed by atoms with Crippen LogP contribution in [-0.2, 0) is 19.1 Å². The molecule has 1 saturated heterocycles. The van der Waals surface area contributed by atoms with Gasteiger partial charge in [0, 0.05) is 17.3 Å². The monoisotopic (exact) mass is 306 g/mol. The van der Waals surface area contributed by atoms with Crippen molar-refractivity contribution in [2.24, 2.45) is 5.41 Å². The Morgan fingerprint density at radius 2 is 2.05 bits per heavy atom. The van der Waals surface area contributed by atoms with E-state index in [9.17, 15) is 9.59 Å². The van der Waals surface area contributed by atoms with E-state index in [1.54, 1.807) is 23.5 Å². The van der Waals surface area contributed by atoms with E-state index in [0.29, 0.717) is 6.42 Å². The number of carbonyl (C=O) groups excluding carboxylic acids is 2. The van der Waals surface area contributed by atoms with Crippen molar-refractivity contribution in [1.82, 2.24) is 0 Å². The molecule has 1 rings (SSSR count). The van der Waals surface area contributed by atoms with Crippen molar-refractivity contribution in [3.63, 3.8) is 0 Å². The average Bonchev–Trinajstić information content (AvgIpc) is 2.39. The number of esters is 2. The van der Waals surface area contributed by atoms with Gasteiger partial charge in [-0.3, -0.25) is 9.59 Å². The van der Waals surface area contributed by atoms with E-state index in [2.05, 4.69) is 0 Å². The fourth-order valence-electron chi connectivity index (χ4n) is 1.31. The van der Waals surface area contributed by atoms with E-state index in [-0.39, 0.29) is 30.4 Å². The third kappa shape index (κ3) is 6.08. The van der Waals surface area contributed by atoms with Gasteiger partial charge in [-0.25, -0.2) is 0 Å². The molecule has 0 aromatic heterocycles. The number of thioether (sulfide) groups is 2. The molecule has 19 heavy (non-hydrogen) atoms. The van der Waals surface area contributed by atoms with Crippen molar-refractivity contribution in [3.8, 4) is 0 Å². The first kappa shape index (κ1) is 16.7. The van der Waals surface area contributed by atoms with Crippen LogP contribution in [-0.4, -0.2) is 41.2 Å². The van der Waals surface area contributed by atoms with Crippen molar-refractivity contribution >= 4 is 35.5 Å². The van der Waals surface area contributed by atoms with Crippen LogP contribution in [0.4, 0.5) is 0 Å². The number of hydrogen-bond donors (Lipinski definition) is 0. The fraction of sp³-hybridized carbons (Fsp3) is 0.846. The van der Waals surface area contributed by atoms with Gasteiger partial charge < -0.3 is 9.47 Å². The van der Waals surface area contributed by atoms with Crippen LogP contribution in [0.5, 0.6) is 0 Å². The molecule has 1 fully saturated rings. The van der Waals surface area contributed by atoms with E-state index in [1.165, 1.54) is 0 Å². The molecule has 0 spiro atoms. The summed E-state index contributed by atoms with van der Waals surface area (Å²) in [5.74, 6) is 2.43. The lowest BCUT2D eigenvalue weighted by Crippen LogP contribution is -2.27. The van der Waals surface area contributed by atoms with Crippen molar-refractivity contribution in [1.29, 1.82) is 0 Å². The zero-order valence-corrected chi connectivity index (χ0v) is 13.4. The van der Waals surface area contributed by atoms with Crippen molar-refractivity contribution < 1.29 is 19.1 Å². The highest BCUT2D eigenvalue weighted by molar-refractivity contribution is 8.06. The lowest BCUT2D eigenvalue weighted by atomic mass is 9.91. The molecule has 0 radical (unpaired) electrons. The summed E-state index contributed by atoms with van der Waals surface area (Å²) >= 11 is 3.46. The van der Waals surface area contributed by atoms with Crippen molar-refractivity contribution in [3.05, 3.63) is 0 Å². The summed E-state index contributed by atoms with van der Waals surface area (Å²) in [7, 11) is 0. The van der Waals surface area contributed by atoms with Crippen LogP contribution >= 0.6 is 23.5 Å². The smallest absolute Gasteiger partial charge is 0.311 e. The first-order valence-electron chi connectivity index (χ1n) is 6.52. The van der Waals surface area contributed by atoms with Crippen LogP contribution < -0.4 is 0 Å². The lowest BCUT2D eigenvalue weighted by molar-refractivity contribution is -0.156. The predicted octanol–water partition coefficient (Wildman–Crippen LogP) is 2.71. The molecule has 1 aliphatic heterocycles. The molecule has 6 heteroatoms. The van der Waals surface area contributed by atoms with Crippen molar-refractivity contribution in [2.45, 2.75) is 39.0 Å². The van der Waals surface area contributed by atoms with Gasteiger partial charge in [0.15, 0.2) is 5.44 Å². The highest BCUT2D eigenvalue weighted by Crippen LogP contribution is 2.25. The molecule has 1 unspecified atom stereocenters. The van der Waals surface area contributed by atoms with E-state index >= 15 is 0 Å². The minimum atomic E-state index is -0.486. The molecule has 0 N–H and O–H groups in total. The van der Waals surface area contributed by atoms with Gasteiger partial charge in [0.2, 0.25) is 0 Å². The van der Waals surface area contributed by atoms with Crippen LogP contribution in [0.15, 0.2) is 0 Å². The summed E-state index contributed by atoms with van der Waals surface area (Å²) in [5.41, 5.74) is -0.534. The van der Waals surface area contributed by atoms with Crippen LogP contribution in [0.1, 0.15) is 33.6 Å². The van der Waals surface area contributed by atoms with Crippen molar-refractivity contribution in [2.75, 3.05) is 23.9 Å².